The molecular formula is C19H23FN2O4S2. The Bertz CT molecular complexity index is 1070. The smallest absolute Gasteiger partial charge is 0.264 e. The second-order valence-electron chi connectivity index (χ2n) is 7.26. The molecule has 152 valence electrons. The maximum absolute atomic E-state index is 13.2. The van der Waals surface area contributed by atoms with E-state index < -0.39 is 25.9 Å². The van der Waals surface area contributed by atoms with E-state index in [9.17, 15) is 21.2 Å². The third kappa shape index (κ3) is 4.47. The topological polar surface area (TPSA) is 83.6 Å². The minimum Gasteiger partial charge on any atom is -0.284 e. The lowest BCUT2D eigenvalue weighted by molar-refractivity contribution is 0.584. The summed E-state index contributed by atoms with van der Waals surface area (Å²) in [6.07, 6.45) is 1.25. The summed E-state index contributed by atoms with van der Waals surface area (Å²) in [6, 6.07) is 9.58. The van der Waals surface area contributed by atoms with E-state index in [2.05, 4.69) is 4.72 Å². The fourth-order valence-electron chi connectivity index (χ4n) is 3.27. The van der Waals surface area contributed by atoms with Gasteiger partial charge in [0.15, 0.2) is 0 Å². The van der Waals surface area contributed by atoms with Crippen LogP contribution in [-0.2, 0) is 26.5 Å². The van der Waals surface area contributed by atoms with Crippen LogP contribution in [0.4, 0.5) is 15.8 Å². The van der Waals surface area contributed by atoms with E-state index in [-0.39, 0.29) is 16.6 Å². The molecule has 1 aliphatic heterocycles. The first-order valence-electron chi connectivity index (χ1n) is 9.00. The molecule has 0 aromatic heterocycles. The molecule has 0 bridgehead atoms. The molecular weight excluding hydrogens is 403 g/mol. The monoisotopic (exact) mass is 426 g/mol. The number of hydrogen-bond donors (Lipinski definition) is 1. The zero-order chi connectivity index (χ0) is 20.5. The zero-order valence-corrected chi connectivity index (χ0v) is 17.4. The Labute approximate surface area is 165 Å². The normalized spacial score (nSPS) is 14.8. The van der Waals surface area contributed by atoms with E-state index in [0.29, 0.717) is 30.8 Å². The number of rotatable bonds is 6. The highest BCUT2D eigenvalue weighted by atomic mass is 32.2. The molecule has 0 atom stereocenters. The first-order chi connectivity index (χ1) is 13.1. The molecule has 0 spiro atoms. The van der Waals surface area contributed by atoms with Gasteiger partial charge in [0.05, 0.1) is 16.3 Å². The third-order valence-electron chi connectivity index (χ3n) is 4.38. The minimum absolute atomic E-state index is 0.00790. The number of benzene rings is 2. The van der Waals surface area contributed by atoms with Crippen LogP contribution in [0.2, 0.25) is 0 Å². The van der Waals surface area contributed by atoms with E-state index in [1.54, 1.807) is 18.2 Å². The van der Waals surface area contributed by atoms with Crippen LogP contribution in [0.25, 0.3) is 0 Å². The number of aryl methyl sites for hydroxylation is 1. The quantitative estimate of drug-likeness (QED) is 0.768. The maximum Gasteiger partial charge on any atom is 0.264 e. The van der Waals surface area contributed by atoms with Crippen molar-refractivity contribution in [3.05, 3.63) is 53.8 Å². The van der Waals surface area contributed by atoms with Crippen molar-refractivity contribution in [3.8, 4) is 0 Å². The van der Waals surface area contributed by atoms with Gasteiger partial charge in [-0.05, 0) is 66.8 Å². The Morgan fingerprint density at radius 3 is 2.39 bits per heavy atom. The van der Waals surface area contributed by atoms with Crippen molar-refractivity contribution in [2.24, 2.45) is 5.92 Å². The van der Waals surface area contributed by atoms with Gasteiger partial charge in [0, 0.05) is 12.2 Å². The van der Waals surface area contributed by atoms with Gasteiger partial charge in [-0.15, -0.1) is 0 Å². The predicted molar refractivity (Wildman–Crippen MR) is 108 cm³/mol. The molecule has 6 nitrogen and oxygen atoms in total. The van der Waals surface area contributed by atoms with Gasteiger partial charge in [-0.3, -0.25) is 9.03 Å². The minimum atomic E-state index is -3.83. The van der Waals surface area contributed by atoms with Crippen molar-refractivity contribution in [2.75, 3.05) is 21.3 Å². The maximum atomic E-state index is 13.2. The lowest BCUT2D eigenvalue weighted by atomic mass is 10.0. The van der Waals surface area contributed by atoms with Gasteiger partial charge in [-0.2, -0.15) is 0 Å². The summed E-state index contributed by atoms with van der Waals surface area (Å²) < 4.78 is 67.3. The Morgan fingerprint density at radius 2 is 1.75 bits per heavy atom. The second-order valence-corrected chi connectivity index (χ2v) is 10.9. The van der Waals surface area contributed by atoms with Crippen LogP contribution >= 0.6 is 0 Å². The number of halogens is 1. The van der Waals surface area contributed by atoms with Crippen molar-refractivity contribution in [3.63, 3.8) is 0 Å². The lowest BCUT2D eigenvalue weighted by Gasteiger charge is -2.31. The van der Waals surface area contributed by atoms with E-state index >= 15 is 0 Å². The molecule has 9 heteroatoms. The van der Waals surface area contributed by atoms with Crippen molar-refractivity contribution in [1.29, 1.82) is 0 Å². The molecule has 3 rings (SSSR count). The van der Waals surface area contributed by atoms with Crippen LogP contribution < -0.4 is 9.03 Å². The number of sulfonamides is 2. The second kappa shape index (κ2) is 7.71. The molecule has 0 unspecified atom stereocenters. The lowest BCUT2D eigenvalue weighted by Crippen LogP contribution is -2.35. The van der Waals surface area contributed by atoms with Gasteiger partial charge in [-0.1, -0.05) is 13.8 Å². The summed E-state index contributed by atoms with van der Waals surface area (Å²) >= 11 is 0. The first kappa shape index (κ1) is 20.6. The SMILES string of the molecule is CC(C)CS(=O)(=O)Nc1ccc2c(c1)CCCN2S(=O)(=O)c1ccc(F)cc1. The number of anilines is 2. The molecule has 0 saturated heterocycles. The summed E-state index contributed by atoms with van der Waals surface area (Å²) in [4.78, 5) is 0.0171. The third-order valence-corrected chi connectivity index (χ3v) is 7.86. The summed E-state index contributed by atoms with van der Waals surface area (Å²) in [7, 11) is -7.29. The molecule has 0 saturated carbocycles. The van der Waals surface area contributed by atoms with Crippen molar-refractivity contribution in [1.82, 2.24) is 0 Å². The van der Waals surface area contributed by atoms with Gasteiger partial charge in [0.25, 0.3) is 10.0 Å². The summed E-state index contributed by atoms with van der Waals surface area (Å²) in [5, 5.41) is 0. The average Bonchev–Trinajstić information content (AvgIpc) is 2.59. The molecule has 0 aliphatic carbocycles. The fraction of sp³-hybridized carbons (Fsp3) is 0.368. The number of hydrogen-bond acceptors (Lipinski definition) is 4. The van der Waals surface area contributed by atoms with E-state index in [4.69, 9.17) is 0 Å². The van der Waals surface area contributed by atoms with Crippen molar-refractivity contribution < 1.29 is 21.2 Å². The van der Waals surface area contributed by atoms with E-state index in [1.165, 1.54) is 16.4 Å². The molecule has 0 fully saturated rings. The number of nitrogens with zero attached hydrogens (tertiary/aromatic N) is 1. The molecule has 0 radical (unpaired) electrons. The van der Waals surface area contributed by atoms with Gasteiger partial charge in [0.2, 0.25) is 10.0 Å². The Balaban J connectivity index is 1.92. The summed E-state index contributed by atoms with van der Waals surface area (Å²) in [5.74, 6) is -0.502. The highest BCUT2D eigenvalue weighted by Gasteiger charge is 2.29. The predicted octanol–water partition coefficient (Wildman–Crippen LogP) is 3.36. The Hall–Kier alpha value is -2.13. The Kier molecular flexibility index (Phi) is 5.67. The largest absolute Gasteiger partial charge is 0.284 e. The molecule has 1 N–H and O–H groups in total. The highest BCUT2D eigenvalue weighted by molar-refractivity contribution is 7.93. The van der Waals surface area contributed by atoms with Crippen molar-refractivity contribution in [2.45, 2.75) is 31.6 Å². The van der Waals surface area contributed by atoms with Gasteiger partial charge >= 0.3 is 0 Å². The molecule has 1 heterocycles. The van der Waals surface area contributed by atoms with E-state index in [0.717, 1.165) is 17.7 Å². The van der Waals surface area contributed by atoms with Crippen LogP contribution in [0.1, 0.15) is 25.8 Å². The Morgan fingerprint density at radius 1 is 1.07 bits per heavy atom. The number of fused-ring (bicyclic) bond motifs is 1. The fourth-order valence-corrected chi connectivity index (χ4v) is 6.26. The van der Waals surface area contributed by atoms with Crippen LogP contribution in [0, 0.1) is 11.7 Å². The first-order valence-corrected chi connectivity index (χ1v) is 12.1. The van der Waals surface area contributed by atoms with Crippen LogP contribution in [-0.4, -0.2) is 29.1 Å². The molecule has 0 amide bonds. The number of nitrogens with one attached hydrogen (secondary N) is 1. The van der Waals surface area contributed by atoms with Gasteiger partial charge < -0.3 is 0 Å². The van der Waals surface area contributed by atoms with Crippen LogP contribution in [0.5, 0.6) is 0 Å². The van der Waals surface area contributed by atoms with Crippen LogP contribution in [0.15, 0.2) is 47.4 Å². The standard InChI is InChI=1S/C19H23FN2O4S2/c1-14(2)13-27(23,24)21-17-7-10-19-15(12-17)4-3-11-22(19)28(25,26)18-8-5-16(20)6-9-18/h5-10,12,14,21H,3-4,11,13H2,1-2H3. The highest BCUT2D eigenvalue weighted by Crippen LogP contribution is 2.34. The van der Waals surface area contributed by atoms with E-state index in [1.807, 2.05) is 13.8 Å². The van der Waals surface area contributed by atoms with Crippen molar-refractivity contribution >= 4 is 31.4 Å². The molecule has 2 aromatic rings. The zero-order valence-electron chi connectivity index (χ0n) is 15.7. The molecule has 2 aromatic carbocycles. The molecule has 1 aliphatic rings. The molecule has 28 heavy (non-hydrogen) atoms. The summed E-state index contributed by atoms with van der Waals surface area (Å²) in [5.41, 5.74) is 1.68. The van der Waals surface area contributed by atoms with Gasteiger partial charge in [-0.25, -0.2) is 21.2 Å². The van der Waals surface area contributed by atoms with Crippen LogP contribution in [0.3, 0.4) is 0 Å². The summed E-state index contributed by atoms with van der Waals surface area (Å²) in [6.45, 7) is 3.96. The average molecular weight is 427 g/mol. The van der Waals surface area contributed by atoms with Gasteiger partial charge in [0.1, 0.15) is 5.82 Å².